The van der Waals surface area contributed by atoms with Crippen LogP contribution in [0, 0.1) is 5.82 Å². The number of anilines is 1. The van der Waals surface area contributed by atoms with Gasteiger partial charge in [-0.15, -0.1) is 0 Å². The van der Waals surface area contributed by atoms with Crippen molar-refractivity contribution in [2.24, 2.45) is 0 Å². The quantitative estimate of drug-likeness (QED) is 0.633. The molecule has 1 aliphatic heterocycles. The molecule has 0 saturated carbocycles. The molecule has 3 rings (SSSR count). The minimum atomic E-state index is -3.92. The fourth-order valence-corrected chi connectivity index (χ4v) is 4.00. The minimum absolute atomic E-state index is 0.0570. The number of halogens is 1. The number of hydrogen-bond donors (Lipinski definition) is 2. The number of amides is 2. The first kappa shape index (κ1) is 20.7. The van der Waals surface area contributed by atoms with Gasteiger partial charge in [-0.05, 0) is 49.2 Å². The van der Waals surface area contributed by atoms with Gasteiger partial charge in [0.1, 0.15) is 11.5 Å². The number of carbonyl (C=O) groups excluding carboxylic acids is 2. The first-order valence-electron chi connectivity index (χ1n) is 9.15. The van der Waals surface area contributed by atoms with Crippen LogP contribution in [0.15, 0.2) is 47.5 Å². The Kier molecular flexibility index (Phi) is 6.42. The molecule has 2 N–H and O–H groups in total. The number of benzene rings is 1. The van der Waals surface area contributed by atoms with Gasteiger partial charge < -0.3 is 10.2 Å². The van der Waals surface area contributed by atoms with Crippen LogP contribution in [0.5, 0.6) is 0 Å². The number of nitrogens with zero attached hydrogens (tertiary/aromatic N) is 2. The van der Waals surface area contributed by atoms with Crippen molar-refractivity contribution in [3.63, 3.8) is 0 Å². The fraction of sp³-hybridized carbons (Fsp3) is 0.316. The largest absolute Gasteiger partial charge is 0.351 e. The van der Waals surface area contributed by atoms with Crippen molar-refractivity contribution in [3.05, 3.63) is 54.1 Å². The van der Waals surface area contributed by atoms with E-state index in [0.717, 1.165) is 37.2 Å². The lowest BCUT2D eigenvalue weighted by Gasteiger charge is -2.15. The number of sulfonamides is 1. The summed E-state index contributed by atoms with van der Waals surface area (Å²) in [5, 5.41) is 2.71. The zero-order valence-electron chi connectivity index (χ0n) is 15.6. The zero-order chi connectivity index (χ0) is 20.9. The van der Waals surface area contributed by atoms with E-state index in [1.165, 1.54) is 18.3 Å². The van der Waals surface area contributed by atoms with Gasteiger partial charge in [0.05, 0.1) is 10.6 Å². The number of likely N-dealkylation sites (tertiary alicyclic amines) is 1. The number of nitrogens with one attached hydrogen (secondary N) is 2. The van der Waals surface area contributed by atoms with Crippen molar-refractivity contribution in [3.8, 4) is 0 Å². The molecular formula is C19H21FN4O4S. The van der Waals surface area contributed by atoms with Crippen LogP contribution >= 0.6 is 0 Å². The Balaban J connectivity index is 1.56. The Hall–Kier alpha value is -3.01. The van der Waals surface area contributed by atoms with Gasteiger partial charge in [0.15, 0.2) is 0 Å². The molecule has 2 amide bonds. The Morgan fingerprint density at radius 1 is 1.21 bits per heavy atom. The summed E-state index contributed by atoms with van der Waals surface area (Å²) in [6.45, 7) is 1.71. The van der Waals surface area contributed by atoms with Crippen molar-refractivity contribution < 1.29 is 22.4 Å². The smallest absolute Gasteiger partial charge is 0.269 e. The van der Waals surface area contributed by atoms with Crippen molar-refractivity contribution in [2.75, 3.05) is 24.4 Å². The summed E-state index contributed by atoms with van der Waals surface area (Å²) in [7, 11) is -3.92. The first-order valence-corrected chi connectivity index (χ1v) is 10.6. The van der Waals surface area contributed by atoms with Crippen molar-refractivity contribution in [1.29, 1.82) is 0 Å². The van der Waals surface area contributed by atoms with Gasteiger partial charge in [0.25, 0.3) is 15.9 Å². The summed E-state index contributed by atoms with van der Waals surface area (Å²) >= 11 is 0. The maximum atomic E-state index is 13.0. The van der Waals surface area contributed by atoms with E-state index in [9.17, 15) is 22.4 Å². The van der Waals surface area contributed by atoms with Crippen LogP contribution in [-0.2, 0) is 14.8 Å². The highest BCUT2D eigenvalue weighted by molar-refractivity contribution is 7.92. The number of hydrogen-bond acceptors (Lipinski definition) is 5. The van der Waals surface area contributed by atoms with E-state index >= 15 is 0 Å². The molecule has 0 bridgehead atoms. The van der Waals surface area contributed by atoms with Gasteiger partial charge in [-0.2, -0.15) is 0 Å². The van der Waals surface area contributed by atoms with Gasteiger partial charge in [0, 0.05) is 32.3 Å². The number of pyridine rings is 1. The first-order chi connectivity index (χ1) is 13.8. The SMILES string of the molecule is O=C(NCCCN1CCCC1=O)c1cc(NS(=O)(=O)c2ccc(F)cc2)ccn1. The minimum Gasteiger partial charge on any atom is -0.351 e. The van der Waals surface area contributed by atoms with Crippen LogP contribution in [0.3, 0.4) is 0 Å². The summed E-state index contributed by atoms with van der Waals surface area (Å²) < 4.78 is 40.1. The lowest BCUT2D eigenvalue weighted by Crippen LogP contribution is -2.31. The Bertz CT molecular complexity index is 996. The molecule has 1 saturated heterocycles. The summed E-state index contributed by atoms with van der Waals surface area (Å²) in [5.74, 6) is -0.847. The Labute approximate surface area is 168 Å². The maximum Gasteiger partial charge on any atom is 0.269 e. The molecule has 0 spiro atoms. The molecule has 0 unspecified atom stereocenters. The highest BCUT2D eigenvalue weighted by Gasteiger charge is 2.19. The average Bonchev–Trinajstić information content (AvgIpc) is 3.10. The van der Waals surface area contributed by atoms with E-state index < -0.39 is 21.7 Å². The van der Waals surface area contributed by atoms with Crippen LogP contribution in [0.1, 0.15) is 29.8 Å². The van der Waals surface area contributed by atoms with Crippen molar-refractivity contribution in [2.45, 2.75) is 24.2 Å². The van der Waals surface area contributed by atoms with E-state index in [0.29, 0.717) is 25.9 Å². The van der Waals surface area contributed by atoms with E-state index in [-0.39, 0.29) is 22.2 Å². The molecule has 1 aromatic carbocycles. The number of carbonyl (C=O) groups is 2. The Morgan fingerprint density at radius 3 is 2.66 bits per heavy atom. The van der Waals surface area contributed by atoms with Crippen LogP contribution < -0.4 is 10.0 Å². The molecule has 0 atom stereocenters. The highest BCUT2D eigenvalue weighted by Crippen LogP contribution is 2.17. The molecule has 2 aromatic rings. The van der Waals surface area contributed by atoms with Gasteiger partial charge in [-0.25, -0.2) is 12.8 Å². The lowest BCUT2D eigenvalue weighted by atomic mass is 10.3. The number of aromatic nitrogens is 1. The summed E-state index contributed by atoms with van der Waals surface area (Å²) in [6.07, 6.45) is 3.39. The summed E-state index contributed by atoms with van der Waals surface area (Å²) in [4.78, 5) is 29.4. The second-order valence-electron chi connectivity index (χ2n) is 6.58. The van der Waals surface area contributed by atoms with E-state index in [2.05, 4.69) is 15.0 Å². The number of rotatable bonds is 8. The predicted octanol–water partition coefficient (Wildman–Crippen LogP) is 1.76. The van der Waals surface area contributed by atoms with Crippen LogP contribution in [0.2, 0.25) is 0 Å². The van der Waals surface area contributed by atoms with Gasteiger partial charge in [-0.1, -0.05) is 0 Å². The van der Waals surface area contributed by atoms with Crippen molar-refractivity contribution >= 4 is 27.5 Å². The van der Waals surface area contributed by atoms with Crippen LogP contribution in [0.25, 0.3) is 0 Å². The molecule has 2 heterocycles. The maximum absolute atomic E-state index is 13.0. The van der Waals surface area contributed by atoms with Gasteiger partial charge in [-0.3, -0.25) is 19.3 Å². The molecular weight excluding hydrogens is 399 g/mol. The third-order valence-corrected chi connectivity index (χ3v) is 5.83. The topological polar surface area (TPSA) is 108 Å². The average molecular weight is 420 g/mol. The van der Waals surface area contributed by atoms with Crippen molar-refractivity contribution in [1.82, 2.24) is 15.2 Å². The Morgan fingerprint density at radius 2 is 1.97 bits per heavy atom. The van der Waals surface area contributed by atoms with Gasteiger partial charge in [0.2, 0.25) is 5.91 Å². The molecule has 1 aliphatic rings. The molecule has 8 nitrogen and oxygen atoms in total. The molecule has 29 heavy (non-hydrogen) atoms. The lowest BCUT2D eigenvalue weighted by molar-refractivity contribution is -0.127. The van der Waals surface area contributed by atoms with Crippen LogP contribution in [-0.4, -0.2) is 49.8 Å². The summed E-state index contributed by atoms with van der Waals surface area (Å²) in [5.41, 5.74) is 0.221. The third-order valence-electron chi connectivity index (χ3n) is 4.43. The predicted molar refractivity (Wildman–Crippen MR) is 104 cm³/mol. The van der Waals surface area contributed by atoms with E-state index in [1.807, 2.05) is 0 Å². The van der Waals surface area contributed by atoms with E-state index in [4.69, 9.17) is 0 Å². The standard InChI is InChI=1S/C19H21FN4O4S/c20-14-4-6-16(7-5-14)29(27,28)23-15-8-10-21-17(13-15)19(26)22-9-2-12-24-11-1-3-18(24)25/h4-8,10,13H,1-3,9,11-12H2,(H,21,23)(H,22,26). The molecule has 154 valence electrons. The second kappa shape index (κ2) is 8.99. The monoisotopic (exact) mass is 420 g/mol. The summed E-state index contributed by atoms with van der Waals surface area (Å²) in [6, 6.07) is 7.14. The molecule has 0 aliphatic carbocycles. The molecule has 1 fully saturated rings. The molecule has 10 heteroatoms. The third kappa shape index (κ3) is 5.50. The fourth-order valence-electron chi connectivity index (χ4n) is 2.95. The van der Waals surface area contributed by atoms with Crippen LogP contribution in [0.4, 0.5) is 10.1 Å². The highest BCUT2D eigenvalue weighted by atomic mass is 32.2. The zero-order valence-corrected chi connectivity index (χ0v) is 16.4. The molecule has 1 aromatic heterocycles. The second-order valence-corrected chi connectivity index (χ2v) is 8.27. The molecule has 0 radical (unpaired) electrons. The van der Waals surface area contributed by atoms with E-state index in [1.54, 1.807) is 4.90 Å². The normalized spacial score (nSPS) is 14.1. The van der Waals surface area contributed by atoms with Gasteiger partial charge >= 0.3 is 0 Å².